The number of hydrogen-bond donors (Lipinski definition) is 2. The Morgan fingerprint density at radius 3 is 2.65 bits per heavy atom. The Kier molecular flexibility index (Phi) is 8.45. The summed E-state index contributed by atoms with van der Waals surface area (Å²) in [4.78, 5) is 24.0. The fourth-order valence-corrected chi connectivity index (χ4v) is 2.45. The predicted octanol–water partition coefficient (Wildman–Crippen LogP) is 2.59. The van der Waals surface area contributed by atoms with E-state index in [0.717, 1.165) is 18.5 Å². The van der Waals surface area contributed by atoms with Gasteiger partial charge in [-0.15, -0.1) is 23.7 Å². The molecule has 1 rings (SSSR count). The number of rotatable bonds is 6. The normalized spacial score (nSPS) is 11.4. The van der Waals surface area contributed by atoms with Crippen LogP contribution in [-0.2, 0) is 9.53 Å². The molecule has 0 spiro atoms. The van der Waals surface area contributed by atoms with E-state index in [4.69, 9.17) is 4.74 Å². The van der Waals surface area contributed by atoms with Gasteiger partial charge in [-0.05, 0) is 37.8 Å². The lowest BCUT2D eigenvalue weighted by Crippen LogP contribution is -2.38. The highest BCUT2D eigenvalue weighted by atomic mass is 35.5. The van der Waals surface area contributed by atoms with Crippen LogP contribution in [0.2, 0.25) is 0 Å². The first-order valence-electron chi connectivity index (χ1n) is 6.21. The van der Waals surface area contributed by atoms with E-state index in [2.05, 4.69) is 10.6 Å². The van der Waals surface area contributed by atoms with Crippen molar-refractivity contribution in [3.8, 4) is 0 Å². The molecule has 5 nitrogen and oxygen atoms in total. The molecule has 0 aromatic carbocycles. The van der Waals surface area contributed by atoms with Crippen molar-refractivity contribution in [1.82, 2.24) is 5.32 Å². The number of halogens is 1. The van der Waals surface area contributed by atoms with Crippen LogP contribution in [-0.4, -0.2) is 31.6 Å². The molecule has 0 aliphatic heterocycles. The molecule has 1 aromatic heterocycles. The molecule has 0 radical (unpaired) electrons. The minimum absolute atomic E-state index is 0. The lowest BCUT2D eigenvalue weighted by Gasteiger charge is -2.14. The van der Waals surface area contributed by atoms with Gasteiger partial charge in [0.25, 0.3) is 0 Å². The minimum Gasteiger partial charge on any atom is -0.465 e. The number of nitrogens with one attached hydrogen (secondary N) is 2. The molecule has 114 valence electrons. The summed E-state index contributed by atoms with van der Waals surface area (Å²) in [6.45, 7) is 6.46. The Labute approximate surface area is 129 Å². The fourth-order valence-electron chi connectivity index (χ4n) is 1.53. The van der Waals surface area contributed by atoms with Gasteiger partial charge < -0.3 is 15.4 Å². The van der Waals surface area contributed by atoms with Crippen molar-refractivity contribution in [1.29, 1.82) is 0 Å². The molecular weight excluding hydrogens is 300 g/mol. The molecular formula is C13H21ClN2O3S. The summed E-state index contributed by atoms with van der Waals surface area (Å²) in [6, 6.07) is -0.301. The Hall–Kier alpha value is -1.11. The molecule has 0 fully saturated rings. The molecule has 0 aliphatic rings. The quantitative estimate of drug-likeness (QED) is 0.791. The van der Waals surface area contributed by atoms with E-state index in [9.17, 15) is 9.59 Å². The smallest absolute Gasteiger partial charge is 0.350 e. The number of ether oxygens (including phenoxy) is 1. The number of aryl methyl sites for hydroxylation is 1. The lowest BCUT2D eigenvalue weighted by molar-refractivity contribution is -0.117. The topological polar surface area (TPSA) is 67.4 Å². The van der Waals surface area contributed by atoms with E-state index < -0.39 is 5.97 Å². The monoisotopic (exact) mass is 320 g/mol. The number of thiophene rings is 1. The number of esters is 1. The molecule has 1 amide bonds. The third-order valence-corrected chi connectivity index (χ3v) is 3.77. The van der Waals surface area contributed by atoms with Crippen LogP contribution in [0.25, 0.3) is 0 Å². The van der Waals surface area contributed by atoms with Gasteiger partial charge in [0.1, 0.15) is 4.88 Å². The van der Waals surface area contributed by atoms with Crippen molar-refractivity contribution in [3.05, 3.63) is 15.8 Å². The minimum atomic E-state index is -0.428. The maximum atomic E-state index is 12.0. The number of hydrogen-bond acceptors (Lipinski definition) is 5. The van der Waals surface area contributed by atoms with Crippen molar-refractivity contribution in [3.63, 3.8) is 0 Å². The van der Waals surface area contributed by atoms with E-state index in [1.54, 1.807) is 6.92 Å². The first-order chi connectivity index (χ1) is 9.01. The molecule has 2 N–H and O–H groups in total. The second-order valence-electron chi connectivity index (χ2n) is 4.28. The highest BCUT2D eigenvalue weighted by Gasteiger charge is 2.20. The third kappa shape index (κ3) is 4.77. The molecule has 1 atom stereocenters. The van der Waals surface area contributed by atoms with E-state index in [0.29, 0.717) is 10.6 Å². The zero-order chi connectivity index (χ0) is 14.4. The molecule has 0 saturated carbocycles. The van der Waals surface area contributed by atoms with Crippen molar-refractivity contribution >= 4 is 41.3 Å². The van der Waals surface area contributed by atoms with Crippen molar-refractivity contribution in [2.24, 2.45) is 0 Å². The first kappa shape index (κ1) is 18.9. The van der Waals surface area contributed by atoms with Crippen LogP contribution in [0.3, 0.4) is 0 Å². The van der Waals surface area contributed by atoms with Crippen LogP contribution < -0.4 is 10.6 Å². The number of anilines is 1. The van der Waals surface area contributed by atoms with Crippen molar-refractivity contribution in [2.75, 3.05) is 19.0 Å². The third-order valence-electron chi connectivity index (χ3n) is 2.69. The van der Waals surface area contributed by atoms with E-state index >= 15 is 0 Å². The Morgan fingerprint density at radius 2 is 2.10 bits per heavy atom. The summed E-state index contributed by atoms with van der Waals surface area (Å²) in [7, 11) is 1.33. The summed E-state index contributed by atoms with van der Waals surface area (Å²) in [5.74, 6) is -0.581. The molecule has 0 bridgehead atoms. The first-order valence-corrected chi connectivity index (χ1v) is 7.09. The van der Waals surface area contributed by atoms with Crippen LogP contribution in [0.4, 0.5) is 5.69 Å². The van der Waals surface area contributed by atoms with Gasteiger partial charge in [-0.1, -0.05) is 6.92 Å². The Morgan fingerprint density at radius 1 is 1.45 bits per heavy atom. The predicted molar refractivity (Wildman–Crippen MR) is 84.0 cm³/mol. The largest absolute Gasteiger partial charge is 0.465 e. The molecule has 1 heterocycles. The summed E-state index contributed by atoms with van der Waals surface area (Å²) in [6.07, 6.45) is 0.961. The zero-order valence-corrected chi connectivity index (χ0v) is 13.7. The van der Waals surface area contributed by atoms with Crippen molar-refractivity contribution < 1.29 is 14.3 Å². The summed E-state index contributed by atoms with van der Waals surface area (Å²) in [5, 5.41) is 7.72. The van der Waals surface area contributed by atoms with Crippen LogP contribution >= 0.6 is 23.7 Å². The second kappa shape index (κ2) is 8.94. The summed E-state index contributed by atoms with van der Waals surface area (Å²) >= 11 is 1.27. The summed E-state index contributed by atoms with van der Waals surface area (Å²) in [5.41, 5.74) is 1.41. The zero-order valence-electron chi connectivity index (χ0n) is 12.1. The average Bonchev–Trinajstić information content (AvgIpc) is 2.76. The lowest BCUT2D eigenvalue weighted by atomic mass is 10.2. The number of carbonyl (C=O) groups excluding carboxylic acids is 2. The highest BCUT2D eigenvalue weighted by Crippen LogP contribution is 2.28. The maximum Gasteiger partial charge on any atom is 0.350 e. The van der Waals surface area contributed by atoms with Gasteiger partial charge in [-0.3, -0.25) is 4.79 Å². The van der Waals surface area contributed by atoms with Gasteiger partial charge in [-0.2, -0.15) is 0 Å². The molecule has 0 saturated heterocycles. The SMILES string of the molecule is CCCN[C@H](C)C(=O)Nc1c(C)csc1C(=O)OC.Cl. The average molecular weight is 321 g/mol. The maximum absolute atomic E-state index is 12.0. The standard InChI is InChI=1S/C13H20N2O3S.ClH/c1-5-6-14-9(3)12(16)15-10-8(2)7-19-11(10)13(17)18-4;/h7,9,14H,5-6H2,1-4H3,(H,15,16);1H/t9-;/m1./s1. The molecule has 7 heteroatoms. The number of methoxy groups -OCH3 is 1. The van der Waals surface area contributed by atoms with Gasteiger partial charge in [0.15, 0.2) is 0 Å². The van der Waals surface area contributed by atoms with Crippen LogP contribution in [0, 0.1) is 6.92 Å². The van der Waals surface area contributed by atoms with Gasteiger partial charge in [-0.25, -0.2) is 4.79 Å². The van der Waals surface area contributed by atoms with E-state index in [1.807, 2.05) is 19.2 Å². The van der Waals surface area contributed by atoms with Crippen molar-refractivity contribution in [2.45, 2.75) is 33.2 Å². The van der Waals surface area contributed by atoms with Gasteiger partial charge >= 0.3 is 5.97 Å². The Bertz CT molecular complexity index is 462. The van der Waals surface area contributed by atoms with E-state index in [-0.39, 0.29) is 24.4 Å². The molecule has 0 unspecified atom stereocenters. The van der Waals surface area contributed by atoms with Gasteiger partial charge in [0, 0.05) is 0 Å². The van der Waals surface area contributed by atoms with Gasteiger partial charge in [0.2, 0.25) is 5.91 Å². The van der Waals surface area contributed by atoms with Crippen LogP contribution in [0.5, 0.6) is 0 Å². The number of amides is 1. The Balaban J connectivity index is 0.00000361. The molecule has 20 heavy (non-hydrogen) atoms. The van der Waals surface area contributed by atoms with Crippen LogP contribution in [0.1, 0.15) is 35.5 Å². The van der Waals surface area contributed by atoms with Crippen LogP contribution in [0.15, 0.2) is 5.38 Å². The second-order valence-corrected chi connectivity index (χ2v) is 5.16. The van der Waals surface area contributed by atoms with Gasteiger partial charge in [0.05, 0.1) is 18.8 Å². The number of carbonyl (C=O) groups is 2. The molecule has 0 aliphatic carbocycles. The van der Waals surface area contributed by atoms with E-state index in [1.165, 1.54) is 18.4 Å². The molecule has 1 aromatic rings. The highest BCUT2D eigenvalue weighted by molar-refractivity contribution is 7.12. The summed E-state index contributed by atoms with van der Waals surface area (Å²) < 4.78 is 4.70. The fraction of sp³-hybridized carbons (Fsp3) is 0.538.